The van der Waals surface area contributed by atoms with Gasteiger partial charge in [0.1, 0.15) is 6.61 Å². The second-order valence-corrected chi connectivity index (χ2v) is 5.06. The third-order valence-corrected chi connectivity index (χ3v) is 2.89. The summed E-state index contributed by atoms with van der Waals surface area (Å²) in [6.07, 6.45) is 1.61. The van der Waals surface area contributed by atoms with Crippen LogP contribution in [0.2, 0.25) is 0 Å². The predicted octanol–water partition coefficient (Wildman–Crippen LogP) is 2.36. The number of esters is 1. The van der Waals surface area contributed by atoms with Gasteiger partial charge in [-0.2, -0.15) is 0 Å². The summed E-state index contributed by atoms with van der Waals surface area (Å²) in [5.41, 5.74) is 1.60. The van der Waals surface area contributed by atoms with E-state index in [4.69, 9.17) is 4.74 Å². The van der Waals surface area contributed by atoms with Crippen LogP contribution in [0.1, 0.15) is 29.9 Å². The Balaban J connectivity index is 2.18. The third kappa shape index (κ3) is 5.20. The quantitative estimate of drug-likeness (QED) is 0.822. The molecule has 0 saturated heterocycles. The maximum absolute atomic E-state index is 12.2. The molecule has 24 heavy (non-hydrogen) atoms. The molecule has 2 aromatic rings. The van der Waals surface area contributed by atoms with Crippen LogP contribution in [0.5, 0.6) is 0 Å². The molecule has 124 valence electrons. The summed E-state index contributed by atoms with van der Waals surface area (Å²) in [5, 5.41) is 5.15. The lowest BCUT2D eigenvalue weighted by Gasteiger charge is -2.10. The predicted molar refractivity (Wildman–Crippen MR) is 88.4 cm³/mol. The summed E-state index contributed by atoms with van der Waals surface area (Å²) in [4.78, 5) is 38.7. The van der Waals surface area contributed by atoms with E-state index in [2.05, 4.69) is 15.6 Å². The van der Waals surface area contributed by atoms with Gasteiger partial charge in [-0.25, -0.2) is 4.79 Å². The van der Waals surface area contributed by atoms with Crippen LogP contribution in [0.3, 0.4) is 0 Å². The Hall–Kier alpha value is -3.22. The van der Waals surface area contributed by atoms with Gasteiger partial charge < -0.3 is 15.4 Å². The molecule has 0 bridgehead atoms. The van der Waals surface area contributed by atoms with Gasteiger partial charge >= 0.3 is 5.97 Å². The molecule has 7 heteroatoms. The first-order chi connectivity index (χ1) is 11.4. The van der Waals surface area contributed by atoms with Gasteiger partial charge in [-0.15, -0.1) is 0 Å². The SMILES string of the molecule is CC(=O)Nc1cc(NC(C)=O)cc(C(=O)OCc2ccccn2)c1. The van der Waals surface area contributed by atoms with Gasteiger partial charge in [-0.05, 0) is 30.3 Å². The van der Waals surface area contributed by atoms with Crippen molar-refractivity contribution in [3.05, 3.63) is 53.9 Å². The number of carbonyl (C=O) groups excluding carboxylic acids is 3. The summed E-state index contributed by atoms with van der Waals surface area (Å²) in [5.74, 6) is -1.16. The number of rotatable bonds is 5. The molecule has 0 unspecified atom stereocenters. The van der Waals surface area contributed by atoms with E-state index in [1.54, 1.807) is 30.5 Å². The summed E-state index contributed by atoms with van der Waals surface area (Å²) in [7, 11) is 0. The van der Waals surface area contributed by atoms with Crippen molar-refractivity contribution in [2.75, 3.05) is 10.6 Å². The smallest absolute Gasteiger partial charge is 0.338 e. The Bertz CT molecular complexity index is 725. The zero-order valence-corrected chi connectivity index (χ0v) is 13.3. The van der Waals surface area contributed by atoms with Crippen LogP contribution >= 0.6 is 0 Å². The highest BCUT2D eigenvalue weighted by molar-refractivity contribution is 5.97. The molecule has 0 spiro atoms. The molecule has 1 aromatic heterocycles. The van der Waals surface area contributed by atoms with Gasteiger partial charge in [-0.3, -0.25) is 14.6 Å². The fraction of sp³-hybridized carbons (Fsp3) is 0.176. The van der Waals surface area contributed by atoms with Gasteiger partial charge in [0.05, 0.1) is 11.3 Å². The van der Waals surface area contributed by atoms with Crippen molar-refractivity contribution in [3.8, 4) is 0 Å². The van der Waals surface area contributed by atoms with Gasteiger partial charge in [0.25, 0.3) is 0 Å². The highest BCUT2D eigenvalue weighted by Gasteiger charge is 2.12. The second-order valence-electron chi connectivity index (χ2n) is 5.06. The number of carbonyl (C=O) groups is 3. The lowest BCUT2D eigenvalue weighted by atomic mass is 10.1. The molecule has 0 fully saturated rings. The fourth-order valence-corrected chi connectivity index (χ4v) is 2.00. The molecule has 1 heterocycles. The summed E-state index contributed by atoms with van der Waals surface area (Å²) >= 11 is 0. The van der Waals surface area contributed by atoms with Gasteiger partial charge in [0, 0.05) is 31.4 Å². The molecule has 1 aromatic carbocycles. The van der Waals surface area contributed by atoms with E-state index in [0.717, 1.165) is 0 Å². The Morgan fingerprint density at radius 2 is 1.62 bits per heavy atom. The largest absolute Gasteiger partial charge is 0.456 e. The number of benzene rings is 1. The Morgan fingerprint density at radius 1 is 1.00 bits per heavy atom. The number of ether oxygens (including phenoxy) is 1. The lowest BCUT2D eigenvalue weighted by molar-refractivity contribution is -0.115. The molecular weight excluding hydrogens is 310 g/mol. The number of aromatic nitrogens is 1. The normalized spacial score (nSPS) is 9.92. The van der Waals surface area contributed by atoms with Crippen LogP contribution in [-0.4, -0.2) is 22.8 Å². The first kappa shape index (κ1) is 17.1. The number of nitrogens with zero attached hydrogens (tertiary/aromatic N) is 1. The fourth-order valence-electron chi connectivity index (χ4n) is 2.00. The summed E-state index contributed by atoms with van der Waals surface area (Å²) < 4.78 is 5.21. The zero-order chi connectivity index (χ0) is 17.5. The van der Waals surface area contributed by atoms with Crippen molar-refractivity contribution >= 4 is 29.2 Å². The molecule has 0 radical (unpaired) electrons. The minimum absolute atomic E-state index is 0.0273. The number of hydrogen-bond acceptors (Lipinski definition) is 5. The molecule has 2 amide bonds. The minimum Gasteiger partial charge on any atom is -0.456 e. The van der Waals surface area contributed by atoms with E-state index in [0.29, 0.717) is 17.1 Å². The van der Waals surface area contributed by atoms with E-state index in [-0.39, 0.29) is 24.0 Å². The van der Waals surface area contributed by atoms with Crippen molar-refractivity contribution in [2.45, 2.75) is 20.5 Å². The number of pyridine rings is 1. The van der Waals surface area contributed by atoms with Crippen LogP contribution < -0.4 is 10.6 Å². The van der Waals surface area contributed by atoms with E-state index >= 15 is 0 Å². The van der Waals surface area contributed by atoms with E-state index in [9.17, 15) is 14.4 Å². The molecule has 0 aliphatic rings. The van der Waals surface area contributed by atoms with E-state index in [1.165, 1.54) is 26.0 Å². The average molecular weight is 327 g/mol. The molecule has 0 saturated carbocycles. The van der Waals surface area contributed by atoms with Crippen LogP contribution in [0.15, 0.2) is 42.6 Å². The average Bonchev–Trinajstić information content (AvgIpc) is 2.52. The van der Waals surface area contributed by atoms with Crippen LogP contribution in [0.4, 0.5) is 11.4 Å². The molecule has 0 aliphatic heterocycles. The molecule has 2 rings (SSSR count). The summed E-state index contributed by atoms with van der Waals surface area (Å²) in [6.45, 7) is 2.73. The zero-order valence-electron chi connectivity index (χ0n) is 13.3. The van der Waals surface area contributed by atoms with Crippen molar-refractivity contribution in [1.29, 1.82) is 0 Å². The molecule has 7 nitrogen and oxygen atoms in total. The van der Waals surface area contributed by atoms with Gasteiger partial charge in [0.2, 0.25) is 11.8 Å². The van der Waals surface area contributed by atoms with E-state index in [1.807, 2.05) is 0 Å². The number of anilines is 2. The molecule has 0 aliphatic carbocycles. The number of amides is 2. The second kappa shape index (κ2) is 7.87. The molecule has 2 N–H and O–H groups in total. The first-order valence-electron chi connectivity index (χ1n) is 7.21. The topological polar surface area (TPSA) is 97.4 Å². The van der Waals surface area contributed by atoms with Crippen molar-refractivity contribution in [3.63, 3.8) is 0 Å². The first-order valence-corrected chi connectivity index (χ1v) is 7.21. The molecular formula is C17H17N3O4. The van der Waals surface area contributed by atoms with Crippen LogP contribution in [0.25, 0.3) is 0 Å². The number of hydrogen-bond donors (Lipinski definition) is 2. The monoisotopic (exact) mass is 327 g/mol. The minimum atomic E-state index is -0.584. The van der Waals surface area contributed by atoms with Crippen molar-refractivity contribution in [1.82, 2.24) is 4.98 Å². The Morgan fingerprint density at radius 3 is 2.12 bits per heavy atom. The third-order valence-electron chi connectivity index (χ3n) is 2.89. The lowest BCUT2D eigenvalue weighted by Crippen LogP contribution is -2.12. The maximum atomic E-state index is 12.2. The maximum Gasteiger partial charge on any atom is 0.338 e. The van der Waals surface area contributed by atoms with Crippen LogP contribution in [0, 0.1) is 0 Å². The Kier molecular flexibility index (Phi) is 5.62. The van der Waals surface area contributed by atoms with Crippen LogP contribution in [-0.2, 0) is 20.9 Å². The van der Waals surface area contributed by atoms with Gasteiger partial charge in [-0.1, -0.05) is 6.07 Å². The van der Waals surface area contributed by atoms with Crippen molar-refractivity contribution in [2.24, 2.45) is 0 Å². The van der Waals surface area contributed by atoms with E-state index < -0.39 is 5.97 Å². The number of nitrogens with one attached hydrogen (secondary N) is 2. The van der Waals surface area contributed by atoms with Crippen molar-refractivity contribution < 1.29 is 19.1 Å². The molecule has 0 atom stereocenters. The standard InChI is InChI=1S/C17H17N3O4/c1-11(21)19-15-7-13(8-16(9-15)20-12(2)22)17(23)24-10-14-5-3-4-6-18-14/h3-9H,10H2,1-2H3,(H,19,21)(H,20,22). The van der Waals surface area contributed by atoms with Gasteiger partial charge in [0.15, 0.2) is 0 Å². The Labute approximate surface area is 139 Å². The highest BCUT2D eigenvalue weighted by Crippen LogP contribution is 2.20. The highest BCUT2D eigenvalue weighted by atomic mass is 16.5. The summed E-state index contributed by atoms with van der Waals surface area (Å²) in [6, 6.07) is 9.81.